The molecule has 40 heavy (non-hydrogen) atoms. The molecule has 8 heteroatoms. The molecule has 0 spiro atoms. The maximum Gasteiger partial charge on any atom is 0.252 e. The van der Waals surface area contributed by atoms with Crippen molar-refractivity contribution in [3.8, 4) is 5.75 Å². The van der Waals surface area contributed by atoms with Crippen LogP contribution in [0.1, 0.15) is 53.0 Å². The standard InChI is InChI=1S/C32H36N6O2/c1-5-29(31-34-35-36-38(31)20-25-13-15-27(40-4)16-14-25)37(18-17-24-9-7-6-8-10-24)21-26-19-28-22(2)11-12-23(3)30(28)33-32(26)39/h6-16,19,29H,5,17-18,20-21H2,1-4H3,(H,33,39)/t29-/m0/s1. The molecule has 0 aliphatic carbocycles. The van der Waals surface area contributed by atoms with Crippen LogP contribution in [0.25, 0.3) is 10.9 Å². The number of ether oxygens (including phenoxy) is 1. The van der Waals surface area contributed by atoms with Gasteiger partial charge in [-0.2, -0.15) is 0 Å². The number of aromatic amines is 1. The molecule has 2 heterocycles. The van der Waals surface area contributed by atoms with Gasteiger partial charge in [0.2, 0.25) is 0 Å². The predicted molar refractivity (Wildman–Crippen MR) is 158 cm³/mol. The van der Waals surface area contributed by atoms with Gasteiger partial charge in [-0.1, -0.05) is 61.5 Å². The molecule has 206 valence electrons. The lowest BCUT2D eigenvalue weighted by Crippen LogP contribution is -2.34. The van der Waals surface area contributed by atoms with Crippen molar-refractivity contribution >= 4 is 10.9 Å². The van der Waals surface area contributed by atoms with Crippen LogP contribution >= 0.6 is 0 Å². The minimum atomic E-state index is -0.0781. The zero-order valence-corrected chi connectivity index (χ0v) is 23.6. The van der Waals surface area contributed by atoms with Gasteiger partial charge in [0.05, 0.1) is 25.2 Å². The molecule has 1 N–H and O–H groups in total. The molecule has 0 radical (unpaired) electrons. The molecule has 0 bridgehead atoms. The number of tetrazole rings is 1. The van der Waals surface area contributed by atoms with Gasteiger partial charge in [0.1, 0.15) is 5.75 Å². The second-order valence-corrected chi connectivity index (χ2v) is 10.3. The number of fused-ring (bicyclic) bond motifs is 1. The largest absolute Gasteiger partial charge is 0.497 e. The Morgan fingerprint density at radius 3 is 2.45 bits per heavy atom. The summed E-state index contributed by atoms with van der Waals surface area (Å²) in [5.41, 5.74) is 6.12. The highest BCUT2D eigenvalue weighted by atomic mass is 16.5. The van der Waals surface area contributed by atoms with Crippen LogP contribution in [0.5, 0.6) is 5.75 Å². The molecule has 5 rings (SSSR count). The van der Waals surface area contributed by atoms with E-state index in [0.717, 1.165) is 64.1 Å². The van der Waals surface area contributed by atoms with Gasteiger partial charge >= 0.3 is 0 Å². The summed E-state index contributed by atoms with van der Waals surface area (Å²) in [6.07, 6.45) is 1.64. The summed E-state index contributed by atoms with van der Waals surface area (Å²) in [5, 5.41) is 14.0. The zero-order valence-electron chi connectivity index (χ0n) is 23.6. The third kappa shape index (κ3) is 5.97. The van der Waals surface area contributed by atoms with E-state index >= 15 is 0 Å². The van der Waals surface area contributed by atoms with Crippen molar-refractivity contribution in [2.45, 2.75) is 52.7 Å². The first-order valence-electron chi connectivity index (χ1n) is 13.8. The van der Waals surface area contributed by atoms with Gasteiger partial charge in [0.25, 0.3) is 5.56 Å². The highest BCUT2D eigenvalue weighted by Crippen LogP contribution is 2.26. The maximum absolute atomic E-state index is 13.3. The van der Waals surface area contributed by atoms with E-state index in [-0.39, 0.29) is 11.6 Å². The second-order valence-electron chi connectivity index (χ2n) is 10.3. The van der Waals surface area contributed by atoms with Crippen molar-refractivity contribution in [2.24, 2.45) is 0 Å². The number of nitrogens with one attached hydrogen (secondary N) is 1. The van der Waals surface area contributed by atoms with Gasteiger partial charge in [-0.15, -0.1) is 5.10 Å². The lowest BCUT2D eigenvalue weighted by atomic mass is 10.0. The number of pyridine rings is 1. The Balaban J connectivity index is 1.49. The van der Waals surface area contributed by atoms with Crippen LogP contribution < -0.4 is 10.3 Å². The molecule has 3 aromatic carbocycles. The van der Waals surface area contributed by atoms with Crippen molar-refractivity contribution in [1.82, 2.24) is 30.1 Å². The summed E-state index contributed by atoms with van der Waals surface area (Å²) in [5.74, 6) is 1.60. The smallest absolute Gasteiger partial charge is 0.252 e. The van der Waals surface area contributed by atoms with Gasteiger partial charge in [-0.25, -0.2) is 4.68 Å². The first-order valence-corrected chi connectivity index (χ1v) is 13.8. The van der Waals surface area contributed by atoms with Crippen molar-refractivity contribution in [1.29, 1.82) is 0 Å². The average molecular weight is 537 g/mol. The van der Waals surface area contributed by atoms with Crippen molar-refractivity contribution in [3.05, 3.63) is 117 Å². The third-order valence-corrected chi connectivity index (χ3v) is 7.60. The van der Waals surface area contributed by atoms with Crippen LogP contribution in [-0.2, 0) is 19.5 Å². The molecule has 0 aliphatic heterocycles. The summed E-state index contributed by atoms with van der Waals surface area (Å²) in [4.78, 5) is 18.8. The van der Waals surface area contributed by atoms with E-state index in [1.807, 2.05) is 41.9 Å². The molecule has 5 aromatic rings. The van der Waals surface area contributed by atoms with Crippen LogP contribution in [-0.4, -0.2) is 43.7 Å². The second kappa shape index (κ2) is 12.3. The molecule has 0 amide bonds. The molecule has 0 saturated heterocycles. The van der Waals surface area contributed by atoms with E-state index in [1.54, 1.807) is 7.11 Å². The average Bonchev–Trinajstić information content (AvgIpc) is 3.43. The summed E-state index contributed by atoms with van der Waals surface area (Å²) in [6, 6.07) is 24.5. The fourth-order valence-corrected chi connectivity index (χ4v) is 5.29. The Hall–Kier alpha value is -4.30. The Labute approximate surface area is 234 Å². The van der Waals surface area contributed by atoms with E-state index in [1.165, 1.54) is 5.56 Å². The van der Waals surface area contributed by atoms with Gasteiger partial charge in [-0.05, 0) is 77.6 Å². The normalized spacial score (nSPS) is 12.2. The summed E-state index contributed by atoms with van der Waals surface area (Å²) >= 11 is 0. The number of hydrogen-bond donors (Lipinski definition) is 1. The minimum absolute atomic E-state index is 0.0569. The van der Waals surface area contributed by atoms with Crippen LogP contribution in [0.3, 0.4) is 0 Å². The van der Waals surface area contributed by atoms with Crippen molar-refractivity contribution in [3.63, 3.8) is 0 Å². The van der Waals surface area contributed by atoms with Gasteiger partial charge in [0, 0.05) is 24.0 Å². The number of methoxy groups -OCH3 is 1. The van der Waals surface area contributed by atoms with E-state index < -0.39 is 0 Å². The minimum Gasteiger partial charge on any atom is -0.497 e. The monoisotopic (exact) mass is 536 g/mol. The first kappa shape index (κ1) is 27.3. The highest BCUT2D eigenvalue weighted by molar-refractivity contribution is 5.85. The first-order chi connectivity index (χ1) is 19.5. The Kier molecular flexibility index (Phi) is 8.36. The molecular weight excluding hydrogens is 500 g/mol. The van der Waals surface area contributed by atoms with E-state index in [9.17, 15) is 4.79 Å². The number of aromatic nitrogens is 5. The molecule has 0 unspecified atom stereocenters. The molecule has 0 saturated carbocycles. The molecule has 0 aliphatic rings. The number of benzene rings is 3. The van der Waals surface area contributed by atoms with Crippen molar-refractivity contribution < 1.29 is 4.74 Å². The van der Waals surface area contributed by atoms with Crippen LogP contribution in [0.2, 0.25) is 0 Å². The molecule has 1 atom stereocenters. The maximum atomic E-state index is 13.3. The SMILES string of the molecule is CC[C@@H](c1nnnn1Cc1ccc(OC)cc1)N(CCc1ccccc1)Cc1cc2c(C)ccc(C)c2[nH]c1=O. The topological polar surface area (TPSA) is 88.9 Å². The highest BCUT2D eigenvalue weighted by Gasteiger charge is 2.26. The summed E-state index contributed by atoms with van der Waals surface area (Å²) in [6.45, 7) is 8.04. The molecular formula is C32H36N6O2. The van der Waals surface area contributed by atoms with E-state index in [0.29, 0.717) is 13.1 Å². The molecule has 2 aromatic heterocycles. The quantitative estimate of drug-likeness (QED) is 0.244. The van der Waals surface area contributed by atoms with Gasteiger partial charge in [0.15, 0.2) is 5.82 Å². The lowest BCUT2D eigenvalue weighted by molar-refractivity contribution is 0.172. The number of aryl methyl sites for hydroxylation is 2. The number of nitrogens with zero attached hydrogens (tertiary/aromatic N) is 5. The summed E-state index contributed by atoms with van der Waals surface area (Å²) in [7, 11) is 1.66. The van der Waals surface area contributed by atoms with Crippen LogP contribution in [0.15, 0.2) is 77.6 Å². The fraction of sp³-hybridized carbons (Fsp3) is 0.312. The third-order valence-electron chi connectivity index (χ3n) is 7.60. The van der Waals surface area contributed by atoms with Crippen LogP contribution in [0.4, 0.5) is 0 Å². The zero-order chi connectivity index (χ0) is 28.1. The molecule has 8 nitrogen and oxygen atoms in total. The van der Waals surface area contributed by atoms with Crippen molar-refractivity contribution in [2.75, 3.05) is 13.7 Å². The fourth-order valence-electron chi connectivity index (χ4n) is 5.29. The Morgan fingerprint density at radius 1 is 0.975 bits per heavy atom. The summed E-state index contributed by atoms with van der Waals surface area (Å²) < 4.78 is 7.17. The lowest BCUT2D eigenvalue weighted by Gasteiger charge is -2.30. The van der Waals surface area contributed by atoms with Gasteiger partial charge < -0.3 is 9.72 Å². The number of H-pyrrole nitrogens is 1. The van der Waals surface area contributed by atoms with Crippen LogP contribution in [0, 0.1) is 13.8 Å². The van der Waals surface area contributed by atoms with Gasteiger partial charge in [-0.3, -0.25) is 9.69 Å². The Bertz CT molecular complexity index is 1630. The predicted octanol–water partition coefficient (Wildman–Crippen LogP) is 5.38. The Morgan fingerprint density at radius 2 is 1.73 bits per heavy atom. The van der Waals surface area contributed by atoms with E-state index in [2.05, 4.69) is 81.7 Å². The molecule has 0 fully saturated rings. The van der Waals surface area contributed by atoms with E-state index in [4.69, 9.17) is 4.74 Å². The number of rotatable bonds is 11. The number of hydrogen-bond acceptors (Lipinski definition) is 6.